The Kier molecular flexibility index (Phi) is 3.24. The lowest BCUT2D eigenvalue weighted by atomic mass is 9.98. The zero-order chi connectivity index (χ0) is 13.1. The zero-order valence-electron chi connectivity index (χ0n) is 9.97. The first kappa shape index (κ1) is 12.0. The van der Waals surface area contributed by atoms with Crippen LogP contribution in [0, 0.1) is 0 Å². The minimum absolute atomic E-state index is 0.242. The Morgan fingerprint density at radius 3 is 2.67 bits per heavy atom. The molecule has 2 aromatic rings. The van der Waals surface area contributed by atoms with Crippen molar-refractivity contribution in [1.29, 1.82) is 0 Å². The highest BCUT2D eigenvalue weighted by Gasteiger charge is 2.12. The van der Waals surface area contributed by atoms with Crippen LogP contribution in [-0.4, -0.2) is 19.4 Å². The molecule has 0 aromatic heterocycles. The maximum absolute atomic E-state index is 11.4. The van der Waals surface area contributed by atoms with Crippen LogP contribution in [0.4, 0.5) is 0 Å². The van der Waals surface area contributed by atoms with Crippen molar-refractivity contribution in [2.75, 3.05) is 7.11 Å². The van der Waals surface area contributed by atoms with Gasteiger partial charge in [-0.05, 0) is 28.5 Å². The van der Waals surface area contributed by atoms with Gasteiger partial charge in [0, 0.05) is 5.56 Å². The summed E-state index contributed by atoms with van der Waals surface area (Å²) in [4.78, 5) is 22.5. The van der Waals surface area contributed by atoms with E-state index in [9.17, 15) is 9.59 Å². The summed E-state index contributed by atoms with van der Waals surface area (Å²) < 4.78 is 4.63. The molecule has 18 heavy (non-hydrogen) atoms. The molecule has 3 nitrogen and oxygen atoms in total. The first-order valence-electron chi connectivity index (χ1n) is 5.43. The predicted octanol–water partition coefficient (Wildman–Crippen LogP) is 2.84. The number of esters is 1. The SMILES string of the molecule is C=C(C(=O)OC)c1cc(C=O)c2ccccc2c1. The standard InChI is InChI=1S/C15H12O3/c1-10(15(17)18-2)12-7-11-5-3-4-6-14(11)13(8-12)9-16/h3-9H,1H2,2H3. The molecule has 0 saturated heterocycles. The Morgan fingerprint density at radius 2 is 2.00 bits per heavy atom. The molecule has 0 unspecified atom stereocenters. The molecule has 0 N–H and O–H groups in total. The van der Waals surface area contributed by atoms with Crippen molar-refractivity contribution in [3.63, 3.8) is 0 Å². The van der Waals surface area contributed by atoms with E-state index in [1.807, 2.05) is 30.3 Å². The van der Waals surface area contributed by atoms with Gasteiger partial charge in [0.15, 0.2) is 6.29 Å². The van der Waals surface area contributed by atoms with Gasteiger partial charge in [-0.1, -0.05) is 30.8 Å². The van der Waals surface area contributed by atoms with Crippen LogP contribution in [0.25, 0.3) is 16.3 Å². The van der Waals surface area contributed by atoms with Gasteiger partial charge >= 0.3 is 5.97 Å². The number of carbonyl (C=O) groups excluding carboxylic acids is 2. The molecule has 0 heterocycles. The topological polar surface area (TPSA) is 43.4 Å². The summed E-state index contributed by atoms with van der Waals surface area (Å²) >= 11 is 0. The summed E-state index contributed by atoms with van der Waals surface area (Å²) in [5.41, 5.74) is 1.38. The Balaban J connectivity index is 2.64. The Hall–Kier alpha value is -2.42. The number of ether oxygens (including phenoxy) is 1. The number of methoxy groups -OCH3 is 1. The Morgan fingerprint density at radius 1 is 1.28 bits per heavy atom. The number of hydrogen-bond donors (Lipinski definition) is 0. The van der Waals surface area contributed by atoms with E-state index >= 15 is 0 Å². The monoisotopic (exact) mass is 240 g/mol. The molecule has 0 aliphatic carbocycles. The molecule has 0 atom stereocenters. The van der Waals surface area contributed by atoms with Crippen LogP contribution in [0.1, 0.15) is 15.9 Å². The third kappa shape index (κ3) is 2.02. The van der Waals surface area contributed by atoms with E-state index in [2.05, 4.69) is 11.3 Å². The lowest BCUT2D eigenvalue weighted by molar-refractivity contribution is -0.133. The van der Waals surface area contributed by atoms with Crippen molar-refractivity contribution >= 4 is 28.6 Å². The molecule has 0 radical (unpaired) electrons. The zero-order valence-corrected chi connectivity index (χ0v) is 9.97. The largest absolute Gasteiger partial charge is 0.465 e. The van der Waals surface area contributed by atoms with Crippen molar-refractivity contribution in [2.24, 2.45) is 0 Å². The second-order valence-electron chi connectivity index (χ2n) is 3.87. The smallest absolute Gasteiger partial charge is 0.337 e. The first-order valence-corrected chi connectivity index (χ1v) is 5.43. The van der Waals surface area contributed by atoms with E-state index in [4.69, 9.17) is 0 Å². The number of rotatable bonds is 3. The maximum atomic E-state index is 11.4. The van der Waals surface area contributed by atoms with E-state index in [0.29, 0.717) is 11.1 Å². The highest BCUT2D eigenvalue weighted by molar-refractivity contribution is 6.17. The summed E-state index contributed by atoms with van der Waals surface area (Å²) in [6.45, 7) is 3.69. The van der Waals surface area contributed by atoms with Crippen molar-refractivity contribution in [3.05, 3.63) is 54.1 Å². The molecule has 0 amide bonds. The number of aldehydes is 1. The molecule has 0 bridgehead atoms. The normalized spacial score (nSPS) is 10.1. The second kappa shape index (κ2) is 4.84. The van der Waals surface area contributed by atoms with Gasteiger partial charge in [-0.3, -0.25) is 4.79 Å². The first-order chi connectivity index (χ1) is 8.67. The van der Waals surface area contributed by atoms with E-state index < -0.39 is 5.97 Å². The van der Waals surface area contributed by atoms with Gasteiger partial charge < -0.3 is 4.74 Å². The van der Waals surface area contributed by atoms with Crippen molar-refractivity contribution in [1.82, 2.24) is 0 Å². The average molecular weight is 240 g/mol. The minimum Gasteiger partial charge on any atom is -0.465 e. The van der Waals surface area contributed by atoms with Crippen LogP contribution in [0.15, 0.2) is 43.0 Å². The maximum Gasteiger partial charge on any atom is 0.337 e. The molecule has 0 spiro atoms. The summed E-state index contributed by atoms with van der Waals surface area (Å²) in [6, 6.07) is 11.0. The van der Waals surface area contributed by atoms with Crippen molar-refractivity contribution in [2.45, 2.75) is 0 Å². The van der Waals surface area contributed by atoms with E-state index in [-0.39, 0.29) is 5.57 Å². The van der Waals surface area contributed by atoms with E-state index in [1.54, 1.807) is 6.07 Å². The van der Waals surface area contributed by atoms with Gasteiger partial charge in [0.25, 0.3) is 0 Å². The Labute approximate surface area is 105 Å². The quantitative estimate of drug-likeness (QED) is 0.470. The van der Waals surface area contributed by atoms with E-state index in [0.717, 1.165) is 17.1 Å². The van der Waals surface area contributed by atoms with Gasteiger partial charge in [0.2, 0.25) is 0 Å². The summed E-state index contributed by atoms with van der Waals surface area (Å²) in [5, 5.41) is 1.75. The fraction of sp³-hybridized carbons (Fsp3) is 0.0667. The number of hydrogen-bond acceptors (Lipinski definition) is 3. The molecular formula is C15H12O3. The fourth-order valence-corrected chi connectivity index (χ4v) is 1.85. The van der Waals surface area contributed by atoms with Gasteiger partial charge in [-0.2, -0.15) is 0 Å². The third-order valence-electron chi connectivity index (χ3n) is 2.80. The summed E-state index contributed by atoms with van der Waals surface area (Å²) in [6.07, 6.45) is 0.774. The van der Waals surface area contributed by atoms with Crippen LogP contribution in [0.2, 0.25) is 0 Å². The van der Waals surface area contributed by atoms with Crippen LogP contribution in [0.5, 0.6) is 0 Å². The molecule has 90 valence electrons. The van der Waals surface area contributed by atoms with Crippen molar-refractivity contribution in [3.8, 4) is 0 Å². The second-order valence-corrected chi connectivity index (χ2v) is 3.87. The van der Waals surface area contributed by atoms with E-state index in [1.165, 1.54) is 7.11 Å². The fourth-order valence-electron chi connectivity index (χ4n) is 1.85. The minimum atomic E-state index is -0.498. The van der Waals surface area contributed by atoms with Gasteiger partial charge in [0.05, 0.1) is 12.7 Å². The lowest BCUT2D eigenvalue weighted by Crippen LogP contribution is -2.03. The predicted molar refractivity (Wildman–Crippen MR) is 70.4 cm³/mol. The van der Waals surface area contributed by atoms with Crippen LogP contribution in [0.3, 0.4) is 0 Å². The lowest BCUT2D eigenvalue weighted by Gasteiger charge is -2.07. The molecule has 0 aliphatic rings. The molecule has 2 aromatic carbocycles. The number of carbonyl (C=O) groups is 2. The molecule has 3 heteroatoms. The highest BCUT2D eigenvalue weighted by atomic mass is 16.5. The summed E-state index contributed by atoms with van der Waals surface area (Å²) in [5.74, 6) is -0.498. The van der Waals surface area contributed by atoms with Crippen LogP contribution >= 0.6 is 0 Å². The number of fused-ring (bicyclic) bond motifs is 1. The van der Waals surface area contributed by atoms with Gasteiger partial charge in [-0.25, -0.2) is 4.79 Å². The highest BCUT2D eigenvalue weighted by Crippen LogP contribution is 2.24. The number of benzene rings is 2. The van der Waals surface area contributed by atoms with Crippen LogP contribution < -0.4 is 0 Å². The van der Waals surface area contributed by atoms with Gasteiger partial charge in [0.1, 0.15) is 0 Å². The molecular weight excluding hydrogens is 228 g/mol. The molecule has 0 aliphatic heterocycles. The summed E-state index contributed by atoms with van der Waals surface area (Å²) in [7, 11) is 1.30. The Bertz CT molecular complexity index is 641. The average Bonchev–Trinajstić information content (AvgIpc) is 2.44. The van der Waals surface area contributed by atoms with Gasteiger partial charge in [-0.15, -0.1) is 0 Å². The van der Waals surface area contributed by atoms with Crippen LogP contribution in [-0.2, 0) is 9.53 Å². The molecule has 0 saturated carbocycles. The third-order valence-corrected chi connectivity index (χ3v) is 2.80. The molecule has 2 rings (SSSR count). The van der Waals surface area contributed by atoms with Crippen molar-refractivity contribution < 1.29 is 14.3 Å². The molecule has 0 fully saturated rings.